The number of hydrogen-bond acceptors (Lipinski definition) is 5. The molecule has 0 atom stereocenters. The van der Waals surface area contributed by atoms with Crippen LogP contribution in [0.2, 0.25) is 0 Å². The molecule has 84 valence electrons. The number of nitrogens with two attached hydrogens (primary N) is 1. The van der Waals surface area contributed by atoms with Crippen molar-refractivity contribution < 1.29 is 0 Å². The number of rotatable bonds is 3. The smallest absolute Gasteiger partial charge is 0.211 e. The Kier molecular flexibility index (Phi) is 2.45. The molecule has 0 unspecified atom stereocenters. The maximum absolute atomic E-state index is 5.70. The highest BCUT2D eigenvalue weighted by Crippen LogP contribution is 2.38. The van der Waals surface area contributed by atoms with E-state index >= 15 is 0 Å². The second-order valence-corrected chi connectivity index (χ2v) is 4.85. The van der Waals surface area contributed by atoms with Gasteiger partial charge in [0.2, 0.25) is 5.13 Å². The summed E-state index contributed by atoms with van der Waals surface area (Å²) in [6.07, 6.45) is 5.50. The van der Waals surface area contributed by atoms with Gasteiger partial charge in [0.25, 0.3) is 0 Å². The maximum Gasteiger partial charge on any atom is 0.211 e. The molecular formula is C10H13N5S. The Hall–Kier alpha value is -1.27. The Labute approximate surface area is 97.3 Å². The fourth-order valence-corrected chi connectivity index (χ4v) is 2.62. The van der Waals surface area contributed by atoms with Crippen LogP contribution in [-0.4, -0.2) is 20.0 Å². The predicted octanol–water partition coefficient (Wildman–Crippen LogP) is 1.45. The minimum atomic E-state index is 0.456. The second-order valence-electron chi connectivity index (χ2n) is 3.98. The third kappa shape index (κ3) is 1.45. The van der Waals surface area contributed by atoms with E-state index in [1.54, 1.807) is 17.5 Å². The van der Waals surface area contributed by atoms with Gasteiger partial charge in [-0.25, -0.2) is 4.98 Å². The third-order valence-corrected chi connectivity index (χ3v) is 3.81. The first-order valence-corrected chi connectivity index (χ1v) is 6.32. The van der Waals surface area contributed by atoms with E-state index in [2.05, 4.69) is 15.3 Å². The van der Waals surface area contributed by atoms with E-state index in [0.717, 1.165) is 10.8 Å². The molecule has 0 amide bonds. The van der Waals surface area contributed by atoms with E-state index in [0.29, 0.717) is 12.5 Å². The molecule has 0 spiro atoms. The quantitative estimate of drug-likeness (QED) is 0.874. The fourth-order valence-electron chi connectivity index (χ4n) is 2.02. The molecular weight excluding hydrogens is 222 g/mol. The Morgan fingerprint density at radius 1 is 1.50 bits per heavy atom. The van der Waals surface area contributed by atoms with Crippen molar-refractivity contribution in [1.29, 1.82) is 0 Å². The molecule has 2 aromatic rings. The topological polar surface area (TPSA) is 69.6 Å². The van der Waals surface area contributed by atoms with Crippen LogP contribution in [0.4, 0.5) is 0 Å². The van der Waals surface area contributed by atoms with Crippen molar-refractivity contribution in [3.8, 4) is 5.13 Å². The summed E-state index contributed by atoms with van der Waals surface area (Å²) in [6.45, 7) is 0.456. The van der Waals surface area contributed by atoms with Gasteiger partial charge in [-0.05, 0) is 12.8 Å². The molecule has 2 heterocycles. The summed E-state index contributed by atoms with van der Waals surface area (Å²) >= 11 is 1.57. The van der Waals surface area contributed by atoms with Crippen LogP contribution in [0.3, 0.4) is 0 Å². The zero-order chi connectivity index (χ0) is 11.0. The molecule has 0 aromatic carbocycles. The summed E-state index contributed by atoms with van der Waals surface area (Å²) in [7, 11) is 0. The molecule has 1 aliphatic rings. The number of thiazole rings is 1. The summed E-state index contributed by atoms with van der Waals surface area (Å²) < 4.78 is 1.86. The van der Waals surface area contributed by atoms with Crippen LogP contribution < -0.4 is 5.73 Å². The van der Waals surface area contributed by atoms with E-state index in [9.17, 15) is 0 Å². The molecule has 6 heteroatoms. The Bertz CT molecular complexity index is 471. The van der Waals surface area contributed by atoms with Gasteiger partial charge in [0.15, 0.2) is 0 Å². The van der Waals surface area contributed by atoms with Crippen LogP contribution >= 0.6 is 11.3 Å². The standard InChI is InChI=1S/C10H13N5S/c11-6-8-9(7-2-1-3-7)15(14-13-8)10-12-4-5-16-10/h4-5,7H,1-3,6,11H2. The van der Waals surface area contributed by atoms with E-state index in [1.165, 1.54) is 25.0 Å². The summed E-state index contributed by atoms with van der Waals surface area (Å²) in [5.41, 5.74) is 7.79. The number of hydrogen-bond donors (Lipinski definition) is 1. The molecule has 1 saturated carbocycles. The summed E-state index contributed by atoms with van der Waals surface area (Å²) in [5.74, 6) is 0.567. The molecule has 3 rings (SSSR count). The molecule has 1 aliphatic carbocycles. The lowest BCUT2D eigenvalue weighted by Gasteiger charge is -2.25. The summed E-state index contributed by atoms with van der Waals surface area (Å²) in [5, 5.41) is 11.1. The average Bonchev–Trinajstić information content (AvgIpc) is 2.82. The van der Waals surface area contributed by atoms with Gasteiger partial charge in [-0.3, -0.25) is 0 Å². The first-order chi connectivity index (χ1) is 7.90. The van der Waals surface area contributed by atoms with Gasteiger partial charge in [-0.2, -0.15) is 4.68 Å². The van der Waals surface area contributed by atoms with Crippen LogP contribution in [0, 0.1) is 0 Å². The Morgan fingerprint density at radius 2 is 2.38 bits per heavy atom. The minimum absolute atomic E-state index is 0.456. The molecule has 1 fully saturated rings. The molecule has 0 aliphatic heterocycles. The molecule has 2 aromatic heterocycles. The van der Waals surface area contributed by atoms with Gasteiger partial charge in [0.1, 0.15) is 5.69 Å². The minimum Gasteiger partial charge on any atom is -0.325 e. The van der Waals surface area contributed by atoms with Crippen molar-refractivity contribution in [3.63, 3.8) is 0 Å². The van der Waals surface area contributed by atoms with E-state index in [1.807, 2.05) is 10.1 Å². The fraction of sp³-hybridized carbons (Fsp3) is 0.500. The lowest BCUT2D eigenvalue weighted by atomic mass is 9.82. The SMILES string of the molecule is NCc1nnn(-c2nccs2)c1C1CCC1. The first kappa shape index (κ1) is 9.92. The van der Waals surface area contributed by atoms with E-state index in [4.69, 9.17) is 5.73 Å². The number of aromatic nitrogens is 4. The van der Waals surface area contributed by atoms with Crippen LogP contribution in [0.15, 0.2) is 11.6 Å². The first-order valence-electron chi connectivity index (χ1n) is 5.44. The van der Waals surface area contributed by atoms with Gasteiger partial charge < -0.3 is 5.73 Å². The molecule has 16 heavy (non-hydrogen) atoms. The van der Waals surface area contributed by atoms with Gasteiger partial charge >= 0.3 is 0 Å². The maximum atomic E-state index is 5.70. The van der Waals surface area contributed by atoms with Gasteiger partial charge in [-0.15, -0.1) is 16.4 Å². The highest BCUT2D eigenvalue weighted by Gasteiger charge is 2.28. The summed E-state index contributed by atoms with van der Waals surface area (Å²) in [6, 6.07) is 0. The molecule has 2 N–H and O–H groups in total. The average molecular weight is 235 g/mol. The monoisotopic (exact) mass is 235 g/mol. The van der Waals surface area contributed by atoms with Crippen LogP contribution in [0.1, 0.15) is 36.6 Å². The zero-order valence-corrected chi connectivity index (χ0v) is 9.65. The Balaban J connectivity index is 2.07. The normalized spacial score (nSPS) is 16.3. The van der Waals surface area contributed by atoms with Crippen molar-refractivity contribution in [2.75, 3.05) is 0 Å². The van der Waals surface area contributed by atoms with Crippen molar-refractivity contribution in [1.82, 2.24) is 20.0 Å². The zero-order valence-electron chi connectivity index (χ0n) is 8.83. The molecule has 0 radical (unpaired) electrons. The largest absolute Gasteiger partial charge is 0.325 e. The predicted molar refractivity (Wildman–Crippen MR) is 61.5 cm³/mol. The third-order valence-electron chi connectivity index (χ3n) is 3.06. The molecule has 5 nitrogen and oxygen atoms in total. The van der Waals surface area contributed by atoms with Crippen molar-refractivity contribution in [2.45, 2.75) is 31.7 Å². The molecule has 0 saturated heterocycles. The van der Waals surface area contributed by atoms with Crippen LogP contribution in [0.25, 0.3) is 5.13 Å². The van der Waals surface area contributed by atoms with E-state index < -0.39 is 0 Å². The lowest BCUT2D eigenvalue weighted by molar-refractivity contribution is 0.401. The van der Waals surface area contributed by atoms with Crippen LogP contribution in [0.5, 0.6) is 0 Å². The van der Waals surface area contributed by atoms with Crippen LogP contribution in [-0.2, 0) is 6.54 Å². The van der Waals surface area contributed by atoms with Crippen molar-refractivity contribution in [2.24, 2.45) is 5.73 Å². The van der Waals surface area contributed by atoms with Crippen molar-refractivity contribution >= 4 is 11.3 Å². The highest BCUT2D eigenvalue weighted by atomic mass is 32.1. The van der Waals surface area contributed by atoms with Gasteiger partial charge in [0.05, 0.1) is 5.69 Å². The molecule has 0 bridgehead atoms. The second kappa shape index (κ2) is 3.95. The van der Waals surface area contributed by atoms with Gasteiger partial charge in [0, 0.05) is 24.0 Å². The van der Waals surface area contributed by atoms with E-state index in [-0.39, 0.29) is 0 Å². The summed E-state index contributed by atoms with van der Waals surface area (Å²) in [4.78, 5) is 4.27. The number of nitrogens with zero attached hydrogens (tertiary/aromatic N) is 4. The van der Waals surface area contributed by atoms with Crippen molar-refractivity contribution in [3.05, 3.63) is 23.0 Å². The lowest BCUT2D eigenvalue weighted by Crippen LogP contribution is -2.16. The highest BCUT2D eigenvalue weighted by molar-refractivity contribution is 7.12. The Morgan fingerprint density at radius 3 is 2.94 bits per heavy atom. The van der Waals surface area contributed by atoms with Gasteiger partial charge in [-0.1, -0.05) is 11.6 Å².